The van der Waals surface area contributed by atoms with E-state index >= 15 is 0 Å². The number of thiophene rings is 1. The number of benzene rings is 2. The number of ether oxygens (including phenoxy) is 2. The van der Waals surface area contributed by atoms with E-state index in [4.69, 9.17) is 9.47 Å². The van der Waals surface area contributed by atoms with Crippen LogP contribution in [0.4, 0.5) is 26.3 Å². The van der Waals surface area contributed by atoms with Crippen LogP contribution in [0, 0.1) is 0 Å². The Balaban J connectivity index is 2.16. The van der Waals surface area contributed by atoms with Gasteiger partial charge in [0.15, 0.2) is 0 Å². The molecule has 0 N–H and O–H groups in total. The molecule has 0 bridgehead atoms. The highest BCUT2D eigenvalue weighted by atomic mass is 32.1. The minimum atomic E-state index is -5.01. The van der Waals surface area contributed by atoms with Crippen molar-refractivity contribution >= 4 is 43.4 Å². The first-order valence-electron chi connectivity index (χ1n) is 10.5. The van der Waals surface area contributed by atoms with Crippen LogP contribution in [-0.2, 0) is 33.1 Å². The SMILES string of the molecule is C=C(C)C(=O)OCCCc1ccc2c(sc3c(C(F)(F)F)c(OC(=O)C(=C)C)ccc32)c1C(F)(F)F. The summed E-state index contributed by atoms with van der Waals surface area (Å²) in [6, 6.07) is 4.65. The molecule has 1 heterocycles. The molecular weight excluding hydrogens is 510 g/mol. The number of alkyl halides is 6. The fourth-order valence-corrected chi connectivity index (χ4v) is 4.98. The molecular formula is C25H20F6O4S. The summed E-state index contributed by atoms with van der Waals surface area (Å²) in [6.07, 6.45) is -9.94. The molecule has 0 aliphatic carbocycles. The second-order valence-corrected chi connectivity index (χ2v) is 9.10. The third-order valence-corrected chi connectivity index (χ3v) is 6.40. The van der Waals surface area contributed by atoms with Crippen molar-refractivity contribution in [2.24, 2.45) is 0 Å². The van der Waals surface area contributed by atoms with E-state index in [0.29, 0.717) is 11.3 Å². The Kier molecular flexibility index (Phi) is 7.54. The summed E-state index contributed by atoms with van der Waals surface area (Å²) in [6.45, 7) is 9.28. The number of rotatable bonds is 7. The lowest BCUT2D eigenvalue weighted by atomic mass is 9.99. The Hall–Kier alpha value is -3.34. The van der Waals surface area contributed by atoms with Gasteiger partial charge in [-0.1, -0.05) is 25.3 Å². The van der Waals surface area contributed by atoms with Crippen molar-refractivity contribution in [3.63, 3.8) is 0 Å². The highest BCUT2D eigenvalue weighted by molar-refractivity contribution is 7.26. The highest BCUT2D eigenvalue weighted by Gasteiger charge is 2.40. The molecule has 0 spiro atoms. The van der Waals surface area contributed by atoms with Crippen LogP contribution in [0.5, 0.6) is 5.75 Å². The molecule has 0 fully saturated rings. The molecule has 3 rings (SSSR count). The van der Waals surface area contributed by atoms with Gasteiger partial charge in [0.1, 0.15) is 11.3 Å². The summed E-state index contributed by atoms with van der Waals surface area (Å²) < 4.78 is 93.4. The average Bonchev–Trinajstić information content (AvgIpc) is 3.11. The Morgan fingerprint density at radius 2 is 1.36 bits per heavy atom. The predicted molar refractivity (Wildman–Crippen MR) is 124 cm³/mol. The quantitative estimate of drug-likeness (QED) is 0.104. The number of aryl methyl sites for hydroxylation is 1. The molecule has 0 saturated heterocycles. The monoisotopic (exact) mass is 530 g/mol. The van der Waals surface area contributed by atoms with Crippen LogP contribution in [0.1, 0.15) is 37.0 Å². The van der Waals surface area contributed by atoms with Gasteiger partial charge in [0.2, 0.25) is 0 Å². The third-order valence-electron chi connectivity index (χ3n) is 5.15. The van der Waals surface area contributed by atoms with Crippen LogP contribution in [0.15, 0.2) is 48.6 Å². The second kappa shape index (κ2) is 9.96. The summed E-state index contributed by atoms with van der Waals surface area (Å²) in [5.74, 6) is -2.58. The van der Waals surface area contributed by atoms with Crippen molar-refractivity contribution in [1.82, 2.24) is 0 Å². The molecule has 0 amide bonds. The maximum atomic E-state index is 14.1. The lowest BCUT2D eigenvalue weighted by Crippen LogP contribution is -2.14. The Morgan fingerprint density at radius 3 is 1.89 bits per heavy atom. The fourth-order valence-electron chi connectivity index (χ4n) is 3.54. The maximum absolute atomic E-state index is 14.1. The topological polar surface area (TPSA) is 52.6 Å². The van der Waals surface area contributed by atoms with E-state index in [2.05, 4.69) is 13.2 Å². The number of halogens is 6. The van der Waals surface area contributed by atoms with Crippen molar-refractivity contribution in [3.8, 4) is 5.75 Å². The maximum Gasteiger partial charge on any atom is 0.421 e. The molecule has 4 nitrogen and oxygen atoms in total. The van der Waals surface area contributed by atoms with E-state index < -0.39 is 45.9 Å². The van der Waals surface area contributed by atoms with Crippen LogP contribution >= 0.6 is 11.3 Å². The van der Waals surface area contributed by atoms with Gasteiger partial charge in [0.25, 0.3) is 0 Å². The smallest absolute Gasteiger partial charge is 0.421 e. The molecule has 36 heavy (non-hydrogen) atoms. The van der Waals surface area contributed by atoms with Crippen LogP contribution < -0.4 is 4.74 Å². The minimum Gasteiger partial charge on any atom is -0.462 e. The molecule has 1 aromatic heterocycles. The van der Waals surface area contributed by atoms with E-state index in [-0.39, 0.29) is 51.6 Å². The summed E-state index contributed by atoms with van der Waals surface area (Å²) in [7, 11) is 0. The van der Waals surface area contributed by atoms with Crippen LogP contribution in [0.25, 0.3) is 20.2 Å². The summed E-state index contributed by atoms with van der Waals surface area (Å²) in [4.78, 5) is 23.3. The summed E-state index contributed by atoms with van der Waals surface area (Å²) >= 11 is 0.330. The van der Waals surface area contributed by atoms with Gasteiger partial charge >= 0.3 is 24.3 Å². The molecule has 0 unspecified atom stereocenters. The van der Waals surface area contributed by atoms with Gasteiger partial charge in [-0.3, -0.25) is 0 Å². The molecule has 0 radical (unpaired) electrons. The number of esters is 2. The zero-order chi connectivity index (χ0) is 27.0. The van der Waals surface area contributed by atoms with Crippen molar-refractivity contribution in [2.75, 3.05) is 6.61 Å². The number of hydrogen-bond acceptors (Lipinski definition) is 5. The predicted octanol–water partition coefficient (Wildman–Crippen LogP) is 7.63. The highest BCUT2D eigenvalue weighted by Crippen LogP contribution is 2.50. The number of fused-ring (bicyclic) bond motifs is 3. The zero-order valence-corrected chi connectivity index (χ0v) is 20.0. The molecule has 0 aliphatic heterocycles. The van der Waals surface area contributed by atoms with Crippen molar-refractivity contribution in [1.29, 1.82) is 0 Å². The van der Waals surface area contributed by atoms with Gasteiger partial charge in [0, 0.05) is 26.6 Å². The van der Waals surface area contributed by atoms with E-state index in [0.717, 1.165) is 6.07 Å². The summed E-state index contributed by atoms with van der Waals surface area (Å²) in [5.41, 5.74) is -2.53. The fraction of sp³-hybridized carbons (Fsp3) is 0.280. The van der Waals surface area contributed by atoms with E-state index in [1.165, 1.54) is 32.0 Å². The standard InChI is InChI=1S/C25H20F6O4S/c1-12(2)22(32)34-11-5-6-14-7-8-15-16-9-10-17(35-23(33)13(3)4)19(25(29,30)31)21(16)36-20(15)18(14)24(26,27)28/h7-10H,1,3,5-6,11H2,2,4H3. The molecule has 2 aromatic carbocycles. The molecule has 0 aliphatic rings. The van der Waals surface area contributed by atoms with Crippen molar-refractivity contribution < 1.29 is 45.4 Å². The van der Waals surface area contributed by atoms with Gasteiger partial charge in [0.05, 0.1) is 16.9 Å². The average molecular weight is 530 g/mol. The molecule has 0 saturated carbocycles. The number of hydrogen-bond donors (Lipinski definition) is 0. The lowest BCUT2D eigenvalue weighted by Gasteiger charge is -2.14. The van der Waals surface area contributed by atoms with Crippen LogP contribution in [0.2, 0.25) is 0 Å². The first-order valence-corrected chi connectivity index (χ1v) is 11.3. The normalized spacial score (nSPS) is 12.1. The number of carbonyl (C=O) groups is 2. The van der Waals surface area contributed by atoms with E-state index in [1.807, 2.05) is 0 Å². The van der Waals surface area contributed by atoms with Crippen molar-refractivity contribution in [2.45, 2.75) is 39.0 Å². The Morgan fingerprint density at radius 1 is 0.833 bits per heavy atom. The second-order valence-electron chi connectivity index (χ2n) is 8.08. The summed E-state index contributed by atoms with van der Waals surface area (Å²) in [5, 5.41) is -0.0621. The van der Waals surface area contributed by atoms with Crippen LogP contribution in [-0.4, -0.2) is 18.5 Å². The van der Waals surface area contributed by atoms with Gasteiger partial charge < -0.3 is 9.47 Å². The number of carbonyl (C=O) groups excluding carboxylic acids is 2. The first kappa shape index (κ1) is 27.3. The molecule has 192 valence electrons. The zero-order valence-electron chi connectivity index (χ0n) is 19.2. The van der Waals surface area contributed by atoms with Gasteiger partial charge in [-0.25, -0.2) is 9.59 Å². The largest absolute Gasteiger partial charge is 0.462 e. The minimum absolute atomic E-state index is 0.0111. The van der Waals surface area contributed by atoms with Gasteiger partial charge in [-0.2, -0.15) is 26.3 Å². The Bertz CT molecular complexity index is 1380. The van der Waals surface area contributed by atoms with Crippen LogP contribution in [0.3, 0.4) is 0 Å². The third kappa shape index (κ3) is 5.56. The molecule has 3 aromatic rings. The van der Waals surface area contributed by atoms with Gasteiger partial charge in [-0.05, 0) is 44.4 Å². The molecule has 11 heteroatoms. The van der Waals surface area contributed by atoms with Gasteiger partial charge in [-0.15, -0.1) is 11.3 Å². The first-order chi connectivity index (χ1) is 16.6. The Labute approximate surface area is 205 Å². The van der Waals surface area contributed by atoms with E-state index in [9.17, 15) is 35.9 Å². The lowest BCUT2D eigenvalue weighted by molar-refractivity contribution is -0.140. The molecule has 0 atom stereocenters. The van der Waals surface area contributed by atoms with Crippen molar-refractivity contribution in [3.05, 3.63) is 65.3 Å². The van der Waals surface area contributed by atoms with E-state index in [1.54, 1.807) is 0 Å².